The maximum Gasteiger partial charge on any atom is 0.510 e. The highest BCUT2D eigenvalue weighted by Crippen LogP contribution is 2.51. The zero-order valence-corrected chi connectivity index (χ0v) is 16.5. The third-order valence-corrected chi connectivity index (χ3v) is 5.09. The van der Waals surface area contributed by atoms with E-state index in [1.54, 1.807) is 0 Å². The number of hydrogen-bond acceptors (Lipinski definition) is 13. The lowest BCUT2D eigenvalue weighted by Crippen LogP contribution is -2.58. The molecule has 0 radical (unpaired) electrons. The number of methoxy groups -OCH3 is 1. The summed E-state index contributed by atoms with van der Waals surface area (Å²) in [5.74, 6) is -3.82. The Labute approximate surface area is 170 Å². The minimum atomic E-state index is -2.84. The van der Waals surface area contributed by atoms with Crippen LogP contribution in [0.1, 0.15) is 13.2 Å². The third-order valence-electron chi connectivity index (χ3n) is 4.07. The van der Waals surface area contributed by atoms with Gasteiger partial charge in [0.15, 0.2) is 17.6 Å². The van der Waals surface area contributed by atoms with Crippen LogP contribution in [0.25, 0.3) is 11.2 Å². The van der Waals surface area contributed by atoms with Gasteiger partial charge in [-0.25, -0.2) is 19.7 Å². The van der Waals surface area contributed by atoms with Gasteiger partial charge in [-0.05, 0) is 15.9 Å². The van der Waals surface area contributed by atoms with Crippen LogP contribution in [-0.4, -0.2) is 76.8 Å². The van der Waals surface area contributed by atoms with Gasteiger partial charge in [0.2, 0.25) is 17.0 Å². The van der Waals surface area contributed by atoms with Gasteiger partial charge in [0.25, 0.3) is 5.79 Å². The minimum absolute atomic E-state index is 0.0162. The van der Waals surface area contributed by atoms with E-state index in [9.17, 15) is 24.9 Å². The van der Waals surface area contributed by atoms with Gasteiger partial charge in [-0.2, -0.15) is 0 Å². The molecule has 158 valence electrons. The summed E-state index contributed by atoms with van der Waals surface area (Å²) in [7, 11) is 0.991. The van der Waals surface area contributed by atoms with Gasteiger partial charge in [0, 0.05) is 6.92 Å². The molecule has 3 heterocycles. The molecule has 0 saturated carbocycles. The van der Waals surface area contributed by atoms with Crippen molar-refractivity contribution >= 4 is 45.0 Å². The zero-order chi connectivity index (χ0) is 21.6. The fourth-order valence-corrected chi connectivity index (χ4v) is 3.41. The van der Waals surface area contributed by atoms with E-state index in [0.717, 1.165) is 31.3 Å². The molecule has 2 aromatic heterocycles. The van der Waals surface area contributed by atoms with E-state index in [-0.39, 0.29) is 17.0 Å². The van der Waals surface area contributed by atoms with Crippen molar-refractivity contribution in [1.29, 1.82) is 0 Å². The molecular weight excluding hydrogens is 462 g/mol. The van der Waals surface area contributed by atoms with Crippen molar-refractivity contribution in [3.05, 3.63) is 12.7 Å². The Morgan fingerprint density at radius 3 is 2.69 bits per heavy atom. The topological polar surface area (TPSA) is 201 Å². The molecule has 1 aliphatic rings. The largest absolute Gasteiger partial charge is 0.510 e. The number of carbonyl (C=O) groups excluding carboxylic acids is 2. The van der Waals surface area contributed by atoms with Crippen LogP contribution >= 0.6 is 15.9 Å². The molecule has 14 nitrogen and oxygen atoms in total. The predicted molar refractivity (Wildman–Crippen MR) is 93.7 cm³/mol. The van der Waals surface area contributed by atoms with Crippen LogP contribution in [0.4, 0.5) is 10.6 Å². The summed E-state index contributed by atoms with van der Waals surface area (Å²) in [4.78, 5) is 34.7. The Hall–Kier alpha value is -2.59. The monoisotopic (exact) mass is 477 g/mol. The van der Waals surface area contributed by atoms with Gasteiger partial charge in [-0.3, -0.25) is 9.36 Å². The Morgan fingerprint density at radius 2 is 2.07 bits per heavy atom. The molecule has 1 fully saturated rings. The van der Waals surface area contributed by atoms with Crippen LogP contribution in [0.2, 0.25) is 0 Å². The number of ether oxygens (including phenoxy) is 4. The summed E-state index contributed by atoms with van der Waals surface area (Å²) in [6.45, 7) is 0.971. The molecule has 0 aromatic carbocycles. The fraction of sp³-hybridized carbons (Fsp3) is 0.500. The SMILES string of the molecule is COC(=O)OC(O)[C@H]1O[C@@H](n2cnc3c(N)ncnc32)[C@@](O)(OC(C)=O)[C@@]1(O)Br. The third kappa shape index (κ3) is 3.36. The van der Waals surface area contributed by atoms with Crippen molar-refractivity contribution < 1.29 is 43.9 Å². The Balaban J connectivity index is 2.10. The minimum Gasteiger partial charge on any atom is -0.438 e. The smallest absolute Gasteiger partial charge is 0.438 e. The van der Waals surface area contributed by atoms with Crippen LogP contribution in [0.3, 0.4) is 0 Å². The average Bonchev–Trinajstić information content (AvgIpc) is 3.13. The summed E-state index contributed by atoms with van der Waals surface area (Å²) in [6.07, 6.45) is -4.76. The number of aromatic nitrogens is 4. The maximum atomic E-state index is 11.6. The first kappa shape index (κ1) is 21.1. The number of nitrogen functional groups attached to an aromatic ring is 1. The number of imidazole rings is 1. The zero-order valence-electron chi connectivity index (χ0n) is 14.9. The molecule has 0 amide bonds. The van der Waals surface area contributed by atoms with Crippen molar-refractivity contribution in [2.75, 3.05) is 12.8 Å². The first-order valence-corrected chi connectivity index (χ1v) is 8.66. The molecule has 0 bridgehead atoms. The summed E-state index contributed by atoms with van der Waals surface area (Å²) >= 11 is 2.80. The van der Waals surface area contributed by atoms with Gasteiger partial charge in [0.05, 0.1) is 13.4 Å². The molecule has 1 aliphatic heterocycles. The van der Waals surface area contributed by atoms with E-state index in [1.807, 2.05) is 0 Å². The Bertz CT molecular complexity index is 953. The van der Waals surface area contributed by atoms with Gasteiger partial charge in [-0.1, -0.05) is 0 Å². The second-order valence-electron chi connectivity index (χ2n) is 5.92. The lowest BCUT2D eigenvalue weighted by molar-refractivity contribution is -0.270. The van der Waals surface area contributed by atoms with Crippen LogP contribution in [0, 0.1) is 0 Å². The molecule has 5 N–H and O–H groups in total. The molecular formula is C14H16BrN5O9. The summed E-state index contributed by atoms with van der Waals surface area (Å²) < 4.78 is 17.7. The van der Waals surface area contributed by atoms with E-state index in [0.29, 0.717) is 0 Å². The van der Waals surface area contributed by atoms with Crippen LogP contribution in [0.5, 0.6) is 0 Å². The number of fused-ring (bicyclic) bond motifs is 1. The Kier molecular flexibility index (Phi) is 5.35. The van der Waals surface area contributed by atoms with Gasteiger partial charge >= 0.3 is 12.1 Å². The fourth-order valence-electron chi connectivity index (χ4n) is 2.80. The van der Waals surface area contributed by atoms with Gasteiger partial charge < -0.3 is 40.0 Å². The van der Waals surface area contributed by atoms with Crippen LogP contribution in [-0.2, 0) is 23.7 Å². The normalized spacial score (nSPS) is 30.1. The molecule has 5 atom stereocenters. The number of hydrogen-bond donors (Lipinski definition) is 4. The number of halogens is 1. The molecule has 1 saturated heterocycles. The maximum absolute atomic E-state index is 11.6. The molecule has 29 heavy (non-hydrogen) atoms. The lowest BCUT2D eigenvalue weighted by Gasteiger charge is -2.35. The second kappa shape index (κ2) is 7.34. The van der Waals surface area contributed by atoms with Crippen molar-refractivity contribution in [3.8, 4) is 0 Å². The Morgan fingerprint density at radius 1 is 1.38 bits per heavy atom. The second-order valence-corrected chi connectivity index (χ2v) is 7.13. The molecule has 15 heteroatoms. The summed E-state index contributed by atoms with van der Waals surface area (Å²) in [6, 6.07) is 0. The quantitative estimate of drug-likeness (QED) is 0.231. The first-order valence-electron chi connectivity index (χ1n) is 7.87. The molecule has 0 aliphatic carbocycles. The van der Waals surface area contributed by atoms with Crippen LogP contribution in [0.15, 0.2) is 12.7 Å². The molecule has 1 unspecified atom stereocenters. The number of carbonyl (C=O) groups is 2. The molecule has 3 rings (SSSR count). The number of aliphatic hydroxyl groups is 3. The van der Waals surface area contributed by atoms with E-state index in [4.69, 9.17) is 15.2 Å². The molecule has 0 spiro atoms. The van der Waals surface area contributed by atoms with Crippen molar-refractivity contribution in [1.82, 2.24) is 19.5 Å². The van der Waals surface area contributed by atoms with Crippen molar-refractivity contribution in [2.24, 2.45) is 0 Å². The first-order chi connectivity index (χ1) is 13.5. The van der Waals surface area contributed by atoms with Crippen molar-refractivity contribution in [2.45, 2.75) is 35.8 Å². The van der Waals surface area contributed by atoms with Gasteiger partial charge in [0.1, 0.15) is 11.8 Å². The highest BCUT2D eigenvalue weighted by atomic mass is 79.9. The highest BCUT2D eigenvalue weighted by molar-refractivity contribution is 9.10. The predicted octanol–water partition coefficient (Wildman–Crippen LogP) is -1.26. The molecule has 2 aromatic rings. The average molecular weight is 478 g/mol. The number of nitrogens with zero attached hydrogens (tertiary/aromatic N) is 4. The number of nitrogens with two attached hydrogens (primary N) is 1. The number of rotatable bonds is 4. The van der Waals surface area contributed by atoms with E-state index in [1.165, 1.54) is 0 Å². The number of alkyl halides is 1. The number of esters is 1. The summed E-state index contributed by atoms with van der Waals surface area (Å²) in [5, 5.41) is 32.1. The van der Waals surface area contributed by atoms with E-state index < -0.39 is 41.0 Å². The summed E-state index contributed by atoms with van der Waals surface area (Å²) in [5.41, 5.74) is 5.92. The van der Waals surface area contributed by atoms with Gasteiger partial charge in [-0.15, -0.1) is 0 Å². The van der Waals surface area contributed by atoms with Crippen molar-refractivity contribution in [3.63, 3.8) is 0 Å². The number of aliphatic hydroxyl groups excluding tert-OH is 1. The van der Waals surface area contributed by atoms with E-state index >= 15 is 0 Å². The standard InChI is InChI=1S/C14H16BrN5O9/c1-5(21)29-14(25)11(20-4-19-6-8(16)17-3-18-9(6)20)27-7(13(14,15)24)10(22)28-12(23)26-2/h3-4,7,10-11,22,24-25H,1-2H3,(H2,16,17,18)/t7-,10?,11-,13-,14-/m1/s1. The number of anilines is 1. The van der Waals surface area contributed by atoms with Crippen LogP contribution < -0.4 is 5.73 Å². The highest BCUT2D eigenvalue weighted by Gasteiger charge is 2.71. The van der Waals surface area contributed by atoms with E-state index in [2.05, 4.69) is 40.4 Å². The lowest BCUT2D eigenvalue weighted by atomic mass is 10.1.